The van der Waals surface area contributed by atoms with Crippen LogP contribution in [0, 0.1) is 23.0 Å². The molecule has 3 aromatic rings. The van der Waals surface area contributed by atoms with Gasteiger partial charge < -0.3 is 16.0 Å². The summed E-state index contributed by atoms with van der Waals surface area (Å²) in [5.74, 6) is -2.48. The predicted molar refractivity (Wildman–Crippen MR) is 132 cm³/mol. The first-order chi connectivity index (χ1) is 17.3. The molecule has 0 spiro atoms. The van der Waals surface area contributed by atoms with E-state index in [1.165, 1.54) is 0 Å². The summed E-state index contributed by atoms with van der Waals surface area (Å²) in [6.07, 6.45) is 3.32. The maximum absolute atomic E-state index is 13.9. The van der Waals surface area contributed by atoms with Gasteiger partial charge >= 0.3 is 0 Å². The molecule has 6 nitrogen and oxygen atoms in total. The zero-order valence-corrected chi connectivity index (χ0v) is 19.6. The second kappa shape index (κ2) is 11.1. The molecular formula is C28H26F2N4O2. The van der Waals surface area contributed by atoms with Crippen LogP contribution in [-0.4, -0.2) is 28.8 Å². The summed E-state index contributed by atoms with van der Waals surface area (Å²) in [4.78, 5) is 27.7. The SMILES string of the molecule is N#Cc1ccc(C(=O)Nc2cccc(CN(C(=O)c3cc(F)cc(F)c3)C3CCCCC3N)c2)cc1. The number of nitriles is 1. The number of nitrogens with one attached hydrogen (secondary N) is 1. The van der Waals surface area contributed by atoms with E-state index < -0.39 is 17.5 Å². The van der Waals surface area contributed by atoms with Crippen molar-refractivity contribution in [1.82, 2.24) is 4.90 Å². The minimum atomic E-state index is -0.821. The molecule has 184 valence electrons. The van der Waals surface area contributed by atoms with Gasteiger partial charge in [0.2, 0.25) is 0 Å². The number of benzene rings is 3. The molecule has 0 aliphatic heterocycles. The van der Waals surface area contributed by atoms with E-state index in [-0.39, 0.29) is 30.1 Å². The van der Waals surface area contributed by atoms with Crippen molar-refractivity contribution in [3.63, 3.8) is 0 Å². The number of hydrogen-bond donors (Lipinski definition) is 2. The second-order valence-corrected chi connectivity index (χ2v) is 8.95. The van der Waals surface area contributed by atoms with Crippen molar-refractivity contribution in [3.05, 3.63) is 101 Å². The molecule has 2 atom stereocenters. The van der Waals surface area contributed by atoms with Gasteiger partial charge in [0.1, 0.15) is 11.6 Å². The summed E-state index contributed by atoms with van der Waals surface area (Å²) in [6.45, 7) is 0.163. The molecule has 0 saturated heterocycles. The summed E-state index contributed by atoms with van der Waals surface area (Å²) in [6, 6.07) is 17.6. The molecule has 2 unspecified atom stereocenters. The van der Waals surface area contributed by atoms with Crippen LogP contribution in [0.25, 0.3) is 0 Å². The van der Waals surface area contributed by atoms with Gasteiger partial charge in [-0.1, -0.05) is 25.0 Å². The molecule has 0 radical (unpaired) electrons. The number of nitrogens with zero attached hydrogens (tertiary/aromatic N) is 2. The molecule has 1 aliphatic carbocycles. The van der Waals surface area contributed by atoms with Gasteiger partial charge in [-0.25, -0.2) is 8.78 Å². The van der Waals surface area contributed by atoms with Crippen molar-refractivity contribution < 1.29 is 18.4 Å². The van der Waals surface area contributed by atoms with E-state index >= 15 is 0 Å². The smallest absolute Gasteiger partial charge is 0.255 e. The third-order valence-corrected chi connectivity index (χ3v) is 6.37. The average molecular weight is 489 g/mol. The maximum atomic E-state index is 13.9. The minimum absolute atomic E-state index is 0.0736. The number of rotatable bonds is 6. The van der Waals surface area contributed by atoms with Gasteiger partial charge in [-0.05, 0) is 66.9 Å². The summed E-state index contributed by atoms with van der Waals surface area (Å²) in [7, 11) is 0. The van der Waals surface area contributed by atoms with Crippen LogP contribution >= 0.6 is 0 Å². The highest BCUT2D eigenvalue weighted by molar-refractivity contribution is 6.04. The van der Waals surface area contributed by atoms with E-state index in [0.717, 1.165) is 43.0 Å². The fourth-order valence-electron chi connectivity index (χ4n) is 4.55. The first kappa shape index (κ1) is 25.0. The predicted octanol–water partition coefficient (Wildman–Crippen LogP) is 5.00. The minimum Gasteiger partial charge on any atom is -0.330 e. The van der Waals surface area contributed by atoms with Crippen LogP contribution in [-0.2, 0) is 6.54 Å². The van der Waals surface area contributed by atoms with Crippen LogP contribution in [0.2, 0.25) is 0 Å². The molecule has 0 bridgehead atoms. The van der Waals surface area contributed by atoms with Crippen molar-refractivity contribution in [1.29, 1.82) is 5.26 Å². The summed E-state index contributed by atoms with van der Waals surface area (Å²) in [5.41, 5.74) is 8.41. The zero-order valence-electron chi connectivity index (χ0n) is 19.6. The average Bonchev–Trinajstić information content (AvgIpc) is 2.87. The Bertz CT molecular complexity index is 1280. The lowest BCUT2D eigenvalue weighted by molar-refractivity contribution is 0.0582. The van der Waals surface area contributed by atoms with E-state index in [4.69, 9.17) is 11.0 Å². The highest BCUT2D eigenvalue weighted by Crippen LogP contribution is 2.26. The first-order valence-electron chi connectivity index (χ1n) is 11.8. The van der Waals surface area contributed by atoms with Gasteiger partial charge in [-0.3, -0.25) is 9.59 Å². The van der Waals surface area contributed by atoms with Crippen LogP contribution < -0.4 is 11.1 Å². The number of anilines is 1. The molecule has 1 fully saturated rings. The number of amides is 2. The summed E-state index contributed by atoms with van der Waals surface area (Å²) in [5, 5.41) is 11.8. The molecule has 0 heterocycles. The van der Waals surface area contributed by atoms with Crippen molar-refractivity contribution in [2.24, 2.45) is 5.73 Å². The standard InChI is InChI=1S/C28H26F2N4O2/c29-22-13-21(14-23(30)15-22)28(36)34(26-7-2-1-6-25(26)32)17-19-4-3-5-24(12-19)33-27(35)20-10-8-18(16-31)9-11-20/h3-5,8-15,25-26H,1-2,6-7,17,32H2,(H,33,35). The Morgan fingerprint density at radius 2 is 1.67 bits per heavy atom. The normalized spacial score (nSPS) is 17.2. The molecule has 8 heteroatoms. The molecule has 1 aliphatic rings. The second-order valence-electron chi connectivity index (χ2n) is 8.95. The Morgan fingerprint density at radius 3 is 2.33 bits per heavy atom. The van der Waals surface area contributed by atoms with E-state index in [9.17, 15) is 18.4 Å². The quantitative estimate of drug-likeness (QED) is 0.510. The summed E-state index contributed by atoms with van der Waals surface area (Å²) >= 11 is 0. The zero-order chi connectivity index (χ0) is 25.7. The van der Waals surface area contributed by atoms with Crippen molar-refractivity contribution in [3.8, 4) is 6.07 Å². The molecular weight excluding hydrogens is 462 g/mol. The number of carbonyl (C=O) groups is 2. The van der Waals surface area contributed by atoms with E-state index in [1.54, 1.807) is 47.4 Å². The number of nitrogens with two attached hydrogens (primary N) is 1. The van der Waals surface area contributed by atoms with Crippen LogP contribution in [0.1, 0.15) is 57.5 Å². The maximum Gasteiger partial charge on any atom is 0.255 e. The fourth-order valence-corrected chi connectivity index (χ4v) is 4.55. The van der Waals surface area contributed by atoms with Gasteiger partial charge in [0, 0.05) is 41.5 Å². The highest BCUT2D eigenvalue weighted by Gasteiger charge is 2.32. The van der Waals surface area contributed by atoms with Crippen molar-refractivity contribution in [2.75, 3.05) is 5.32 Å². The van der Waals surface area contributed by atoms with Gasteiger partial charge in [0.15, 0.2) is 0 Å². The Morgan fingerprint density at radius 1 is 0.972 bits per heavy atom. The summed E-state index contributed by atoms with van der Waals surface area (Å²) < 4.78 is 27.7. The van der Waals surface area contributed by atoms with Crippen LogP contribution in [0.15, 0.2) is 66.7 Å². The lowest BCUT2D eigenvalue weighted by Gasteiger charge is -2.38. The molecule has 0 aromatic heterocycles. The fraction of sp³-hybridized carbons (Fsp3) is 0.250. The van der Waals surface area contributed by atoms with E-state index in [1.807, 2.05) is 12.1 Å². The molecule has 1 saturated carbocycles. The number of hydrogen-bond acceptors (Lipinski definition) is 4. The molecule has 2 amide bonds. The lowest BCUT2D eigenvalue weighted by atomic mass is 9.89. The van der Waals surface area contributed by atoms with E-state index in [0.29, 0.717) is 23.2 Å². The van der Waals surface area contributed by atoms with Gasteiger partial charge in [0.05, 0.1) is 11.6 Å². The molecule has 3 aromatic carbocycles. The van der Waals surface area contributed by atoms with Crippen LogP contribution in [0.3, 0.4) is 0 Å². The lowest BCUT2D eigenvalue weighted by Crippen LogP contribution is -2.51. The highest BCUT2D eigenvalue weighted by atomic mass is 19.1. The first-order valence-corrected chi connectivity index (χ1v) is 11.8. The van der Waals surface area contributed by atoms with E-state index in [2.05, 4.69) is 5.32 Å². The number of carbonyl (C=O) groups excluding carboxylic acids is 2. The number of halogens is 2. The van der Waals surface area contributed by atoms with Gasteiger partial charge in [0.25, 0.3) is 11.8 Å². The Hall–Kier alpha value is -4.09. The largest absolute Gasteiger partial charge is 0.330 e. The Labute approximate surface area is 208 Å². The Kier molecular flexibility index (Phi) is 7.71. The topological polar surface area (TPSA) is 99.2 Å². The molecule has 36 heavy (non-hydrogen) atoms. The third-order valence-electron chi connectivity index (χ3n) is 6.37. The van der Waals surface area contributed by atoms with Gasteiger partial charge in [-0.15, -0.1) is 0 Å². The van der Waals surface area contributed by atoms with Crippen LogP contribution in [0.5, 0.6) is 0 Å². The third kappa shape index (κ3) is 5.93. The monoisotopic (exact) mass is 488 g/mol. The molecule has 3 N–H and O–H groups in total. The van der Waals surface area contributed by atoms with Gasteiger partial charge in [-0.2, -0.15) is 5.26 Å². The van der Waals surface area contributed by atoms with Crippen molar-refractivity contribution >= 4 is 17.5 Å². The van der Waals surface area contributed by atoms with Crippen molar-refractivity contribution in [2.45, 2.75) is 44.3 Å². The Balaban J connectivity index is 1.57. The van der Waals surface area contributed by atoms with Crippen LogP contribution in [0.4, 0.5) is 14.5 Å². The molecule has 4 rings (SSSR count).